The lowest BCUT2D eigenvalue weighted by molar-refractivity contribution is 0.0809. The van der Waals surface area contributed by atoms with Crippen LogP contribution in [0.15, 0.2) is 98.6 Å². The van der Waals surface area contributed by atoms with E-state index in [1.54, 1.807) is 12.1 Å². The third-order valence-corrected chi connectivity index (χ3v) is 11.8. The zero-order chi connectivity index (χ0) is 23.6. The van der Waals surface area contributed by atoms with Crippen molar-refractivity contribution in [3.05, 3.63) is 106 Å². The second kappa shape index (κ2) is 9.39. The molecule has 4 rings (SSSR count). The zero-order valence-electron chi connectivity index (χ0n) is 18.9. The molecule has 0 radical (unpaired) electrons. The quantitative estimate of drug-likeness (QED) is 0.355. The van der Waals surface area contributed by atoms with E-state index in [2.05, 4.69) is 61.0 Å². The van der Waals surface area contributed by atoms with E-state index in [0.29, 0.717) is 15.2 Å². The maximum Gasteiger partial charge on any atom is 0.343 e. The fourth-order valence-electron chi connectivity index (χ4n) is 4.44. The van der Waals surface area contributed by atoms with Crippen molar-refractivity contribution in [2.75, 3.05) is 6.61 Å². The van der Waals surface area contributed by atoms with Gasteiger partial charge in [-0.15, -0.1) is 0 Å². The van der Waals surface area contributed by atoms with Crippen LogP contribution in [0.3, 0.4) is 0 Å². The lowest BCUT2D eigenvalue weighted by atomic mass is 10.1. The molecule has 0 fully saturated rings. The van der Waals surface area contributed by atoms with E-state index in [1.165, 1.54) is 0 Å². The minimum atomic E-state index is -2.82. The van der Waals surface area contributed by atoms with Gasteiger partial charge in [-0.25, -0.2) is 4.79 Å². The number of aliphatic hydroxyl groups is 1. The van der Waals surface area contributed by atoms with Crippen LogP contribution in [0, 0.1) is 0 Å². The Balaban J connectivity index is 1.78. The molecule has 0 bridgehead atoms. The number of hydrogen-bond acceptors (Lipinski definition) is 4. The maximum atomic E-state index is 12.5. The lowest BCUT2D eigenvalue weighted by Gasteiger charge is -2.43. The summed E-state index contributed by atoms with van der Waals surface area (Å²) in [7, 11) is -2.82. The van der Waals surface area contributed by atoms with Crippen molar-refractivity contribution in [2.45, 2.75) is 31.9 Å². The number of halogens is 1. The summed E-state index contributed by atoms with van der Waals surface area (Å²) < 4.78 is 12.9. The summed E-state index contributed by atoms with van der Waals surface area (Å²) >= 11 is 3.53. The van der Waals surface area contributed by atoms with Crippen molar-refractivity contribution in [2.24, 2.45) is 0 Å². The van der Waals surface area contributed by atoms with Gasteiger partial charge in [0.1, 0.15) is 6.10 Å². The minimum Gasteiger partial charge on any atom is -0.423 e. The molecule has 4 aromatic rings. The van der Waals surface area contributed by atoms with Gasteiger partial charge in [-0.1, -0.05) is 99.6 Å². The molecule has 170 valence electrons. The van der Waals surface area contributed by atoms with Crippen molar-refractivity contribution in [1.29, 1.82) is 0 Å². The van der Waals surface area contributed by atoms with E-state index in [1.807, 2.05) is 48.5 Å². The van der Waals surface area contributed by atoms with Crippen LogP contribution in [0.4, 0.5) is 0 Å². The molecule has 0 spiro atoms. The highest BCUT2D eigenvalue weighted by molar-refractivity contribution is 9.10. The Kier molecular flexibility index (Phi) is 6.72. The molecule has 3 aromatic carbocycles. The van der Waals surface area contributed by atoms with Crippen LogP contribution >= 0.6 is 15.9 Å². The summed E-state index contributed by atoms with van der Waals surface area (Å²) in [6.45, 7) is 6.53. The van der Waals surface area contributed by atoms with Gasteiger partial charge in [-0.05, 0) is 37.4 Å². The highest BCUT2D eigenvalue weighted by atomic mass is 79.9. The summed E-state index contributed by atoms with van der Waals surface area (Å²) in [4.78, 5) is 12.5. The Morgan fingerprint density at radius 3 is 1.88 bits per heavy atom. The molecule has 1 N–H and O–H groups in total. The number of aliphatic hydroxyl groups excluding tert-OH is 1. The molecule has 4 nitrogen and oxygen atoms in total. The number of benzene rings is 3. The van der Waals surface area contributed by atoms with Crippen molar-refractivity contribution < 1.29 is 13.9 Å². The van der Waals surface area contributed by atoms with Crippen LogP contribution in [0.1, 0.15) is 32.6 Å². The molecule has 33 heavy (non-hydrogen) atoms. The Hall–Kier alpha value is -2.51. The van der Waals surface area contributed by atoms with Crippen LogP contribution in [0.2, 0.25) is 5.04 Å². The molecule has 0 aliphatic rings. The highest BCUT2D eigenvalue weighted by Crippen LogP contribution is 2.38. The van der Waals surface area contributed by atoms with Crippen LogP contribution in [0.5, 0.6) is 0 Å². The normalized spacial score (nSPS) is 13.2. The molecule has 1 atom stereocenters. The van der Waals surface area contributed by atoms with Crippen LogP contribution in [0.25, 0.3) is 10.8 Å². The molecule has 6 heteroatoms. The van der Waals surface area contributed by atoms with Gasteiger partial charge in [0.05, 0.1) is 16.5 Å². The summed E-state index contributed by atoms with van der Waals surface area (Å²) in [6.07, 6.45) is -1.11. The minimum absolute atomic E-state index is 0.00678. The number of rotatable bonds is 6. The predicted octanol–water partition coefficient (Wildman–Crippen LogP) is 5.17. The largest absolute Gasteiger partial charge is 0.423 e. The summed E-state index contributed by atoms with van der Waals surface area (Å²) in [6, 6.07) is 27.6. The summed E-state index contributed by atoms with van der Waals surface area (Å²) in [5, 5.41) is 14.3. The monoisotopic (exact) mass is 522 g/mol. The van der Waals surface area contributed by atoms with Crippen LogP contribution in [-0.4, -0.2) is 20.0 Å². The van der Waals surface area contributed by atoms with E-state index in [0.717, 1.165) is 10.4 Å². The topological polar surface area (TPSA) is 59.7 Å². The molecule has 0 amide bonds. The van der Waals surface area contributed by atoms with E-state index < -0.39 is 20.0 Å². The molecule has 0 aliphatic heterocycles. The van der Waals surface area contributed by atoms with Gasteiger partial charge in [-0.2, -0.15) is 0 Å². The van der Waals surface area contributed by atoms with Crippen LogP contribution < -0.4 is 16.0 Å². The van der Waals surface area contributed by atoms with Crippen molar-refractivity contribution in [3.8, 4) is 0 Å². The molecular weight excluding hydrogens is 496 g/mol. The smallest absolute Gasteiger partial charge is 0.343 e. The van der Waals surface area contributed by atoms with Gasteiger partial charge < -0.3 is 13.9 Å². The lowest BCUT2D eigenvalue weighted by Crippen LogP contribution is -2.66. The molecule has 1 unspecified atom stereocenters. The zero-order valence-corrected chi connectivity index (χ0v) is 21.5. The van der Waals surface area contributed by atoms with Gasteiger partial charge in [0.15, 0.2) is 5.76 Å². The number of hydrogen-bond donors (Lipinski definition) is 1. The Morgan fingerprint density at radius 1 is 0.879 bits per heavy atom. The van der Waals surface area contributed by atoms with Gasteiger partial charge >= 0.3 is 5.63 Å². The Morgan fingerprint density at radius 2 is 1.36 bits per heavy atom. The second-order valence-electron chi connectivity index (χ2n) is 9.10. The fraction of sp³-hybridized carbons (Fsp3) is 0.222. The third kappa shape index (κ3) is 4.36. The van der Waals surface area contributed by atoms with Crippen molar-refractivity contribution >= 4 is 45.4 Å². The SMILES string of the molecule is CC(C)(C)[Si](OCC(O)c1oc(=O)c2ccccc2c1Br)(c1ccccc1)c1ccccc1. The van der Waals surface area contributed by atoms with E-state index in [4.69, 9.17) is 8.84 Å². The molecule has 1 heterocycles. The average molecular weight is 523 g/mol. The second-order valence-corrected chi connectivity index (χ2v) is 14.2. The van der Waals surface area contributed by atoms with Crippen molar-refractivity contribution in [3.63, 3.8) is 0 Å². The molecule has 0 aliphatic carbocycles. The van der Waals surface area contributed by atoms with Gasteiger partial charge in [-0.3, -0.25) is 0 Å². The molecule has 0 saturated heterocycles. The molecule has 0 saturated carbocycles. The fourth-order valence-corrected chi connectivity index (χ4v) is 9.69. The Bertz CT molecular complexity index is 1260. The average Bonchev–Trinajstić information content (AvgIpc) is 2.82. The third-order valence-electron chi connectivity index (χ3n) is 5.98. The van der Waals surface area contributed by atoms with E-state index in [9.17, 15) is 9.90 Å². The van der Waals surface area contributed by atoms with E-state index in [-0.39, 0.29) is 17.4 Å². The molecular formula is C27H27BrO4Si. The molecule has 1 aromatic heterocycles. The first-order valence-corrected chi connectivity index (χ1v) is 13.6. The first-order chi connectivity index (χ1) is 15.8. The first-order valence-electron chi connectivity index (χ1n) is 10.9. The van der Waals surface area contributed by atoms with Gasteiger partial charge in [0.25, 0.3) is 8.32 Å². The van der Waals surface area contributed by atoms with Gasteiger partial charge in [0, 0.05) is 5.39 Å². The summed E-state index contributed by atoms with van der Waals surface area (Å²) in [5.74, 6) is 0.177. The van der Waals surface area contributed by atoms with E-state index >= 15 is 0 Å². The Labute approximate surface area is 203 Å². The number of fused-ring (bicyclic) bond motifs is 1. The first kappa shape index (κ1) is 23.6. The van der Waals surface area contributed by atoms with Crippen molar-refractivity contribution in [1.82, 2.24) is 0 Å². The van der Waals surface area contributed by atoms with Crippen LogP contribution in [-0.2, 0) is 4.43 Å². The standard InChI is InChI=1S/C27H27BrO4Si/c1-27(2,3)33(19-12-6-4-7-13-19,20-14-8-5-9-15-20)31-18-23(29)25-24(28)21-16-10-11-17-22(21)26(30)32-25/h4-17,23,29H,18H2,1-3H3. The summed E-state index contributed by atoms with van der Waals surface area (Å²) in [5.41, 5.74) is -0.478. The predicted molar refractivity (Wildman–Crippen MR) is 139 cm³/mol. The maximum absolute atomic E-state index is 12.5. The highest BCUT2D eigenvalue weighted by Gasteiger charge is 2.50. The van der Waals surface area contributed by atoms with Gasteiger partial charge in [0.2, 0.25) is 0 Å².